The van der Waals surface area contributed by atoms with Gasteiger partial charge >= 0.3 is 5.97 Å². The van der Waals surface area contributed by atoms with Crippen LogP contribution in [-0.2, 0) is 26.2 Å². The molecule has 0 aliphatic carbocycles. The molecule has 1 fully saturated rings. The summed E-state index contributed by atoms with van der Waals surface area (Å²) in [5, 5.41) is 3.80. The fourth-order valence-corrected chi connectivity index (χ4v) is 4.44. The lowest BCUT2D eigenvalue weighted by Gasteiger charge is -2.30. The zero-order valence-electron chi connectivity index (χ0n) is 15.7. The molecule has 2 aromatic rings. The smallest absolute Gasteiger partial charge is 0.310 e. The number of rotatable bonds is 6. The molecule has 0 radical (unpaired) electrons. The molecule has 0 bridgehead atoms. The molecule has 1 aliphatic heterocycles. The van der Waals surface area contributed by atoms with E-state index in [4.69, 9.17) is 9.26 Å². The van der Waals surface area contributed by atoms with Gasteiger partial charge in [0.2, 0.25) is 10.0 Å². The molecule has 8 nitrogen and oxygen atoms in total. The van der Waals surface area contributed by atoms with Crippen molar-refractivity contribution < 1.29 is 26.9 Å². The maximum Gasteiger partial charge on any atom is 0.310 e. The highest BCUT2D eigenvalue weighted by Crippen LogP contribution is 2.25. The number of hydrogen-bond acceptors (Lipinski definition) is 7. The zero-order valence-corrected chi connectivity index (χ0v) is 16.5. The number of carbonyl (C=O) groups is 1. The molecule has 28 heavy (non-hydrogen) atoms. The third-order valence-corrected chi connectivity index (χ3v) is 6.39. The van der Waals surface area contributed by atoms with Crippen LogP contribution in [0.5, 0.6) is 0 Å². The van der Waals surface area contributed by atoms with Crippen molar-refractivity contribution in [2.75, 3.05) is 13.1 Å². The first-order valence-electron chi connectivity index (χ1n) is 9.02. The van der Waals surface area contributed by atoms with Gasteiger partial charge in [-0.3, -0.25) is 4.79 Å². The number of esters is 1. The van der Waals surface area contributed by atoms with E-state index in [0.29, 0.717) is 25.2 Å². The molecule has 1 aromatic carbocycles. The van der Waals surface area contributed by atoms with Gasteiger partial charge in [0.1, 0.15) is 5.82 Å². The fraction of sp³-hybridized carbons (Fsp3) is 0.500. The Kier molecular flexibility index (Phi) is 6.09. The second-order valence-electron chi connectivity index (χ2n) is 6.96. The Bertz CT molecular complexity index is 927. The number of aromatic nitrogens is 2. The first-order chi connectivity index (χ1) is 13.3. The predicted molar refractivity (Wildman–Crippen MR) is 96.1 cm³/mol. The van der Waals surface area contributed by atoms with Crippen LogP contribution >= 0.6 is 0 Å². The first-order valence-corrected chi connectivity index (χ1v) is 10.5. The van der Waals surface area contributed by atoms with Gasteiger partial charge in [-0.2, -0.15) is 9.29 Å². The van der Waals surface area contributed by atoms with Crippen LogP contribution in [0, 0.1) is 11.7 Å². The zero-order chi connectivity index (χ0) is 20.3. The molecule has 0 spiro atoms. The van der Waals surface area contributed by atoms with Crippen LogP contribution in [0.2, 0.25) is 0 Å². The molecule has 10 heteroatoms. The van der Waals surface area contributed by atoms with Crippen LogP contribution in [-0.4, -0.2) is 41.9 Å². The molecule has 0 amide bonds. The van der Waals surface area contributed by atoms with E-state index in [2.05, 4.69) is 10.1 Å². The minimum atomic E-state index is -3.80. The van der Waals surface area contributed by atoms with Gasteiger partial charge in [0, 0.05) is 19.0 Å². The molecule has 1 saturated heterocycles. The Morgan fingerprint density at radius 2 is 2.07 bits per heavy atom. The van der Waals surface area contributed by atoms with Crippen LogP contribution in [0.3, 0.4) is 0 Å². The topological polar surface area (TPSA) is 103 Å². The van der Waals surface area contributed by atoms with Crippen molar-refractivity contribution in [2.45, 2.75) is 44.1 Å². The van der Waals surface area contributed by atoms with E-state index in [1.165, 1.54) is 16.4 Å². The normalized spacial score (nSPS) is 18.4. The van der Waals surface area contributed by atoms with E-state index in [-0.39, 0.29) is 29.9 Å². The van der Waals surface area contributed by atoms with Gasteiger partial charge in [0.05, 0.1) is 10.8 Å². The van der Waals surface area contributed by atoms with E-state index in [0.717, 1.165) is 12.1 Å². The molecule has 2 heterocycles. The third kappa shape index (κ3) is 4.56. The van der Waals surface area contributed by atoms with Gasteiger partial charge in [-0.05, 0) is 37.1 Å². The van der Waals surface area contributed by atoms with E-state index in [1.807, 2.05) is 13.8 Å². The van der Waals surface area contributed by atoms with E-state index in [1.54, 1.807) is 0 Å². The summed E-state index contributed by atoms with van der Waals surface area (Å²) in [5.74, 6) is -0.791. The molecule has 0 saturated carbocycles. The maximum atomic E-state index is 13.1. The van der Waals surface area contributed by atoms with Crippen molar-refractivity contribution in [1.29, 1.82) is 0 Å². The average molecular weight is 411 g/mol. The lowest BCUT2D eigenvalue weighted by atomic mass is 10.0. The number of carbonyl (C=O) groups excluding carboxylic acids is 1. The van der Waals surface area contributed by atoms with Crippen molar-refractivity contribution in [3.63, 3.8) is 0 Å². The summed E-state index contributed by atoms with van der Waals surface area (Å²) in [6, 6.07) is 4.62. The molecule has 1 aliphatic rings. The van der Waals surface area contributed by atoms with Crippen LogP contribution in [0.1, 0.15) is 44.3 Å². The molecular formula is C18H22FN3O5S. The van der Waals surface area contributed by atoms with Crippen LogP contribution in [0.4, 0.5) is 4.39 Å². The number of halogens is 1. The molecule has 0 N–H and O–H groups in total. The maximum absolute atomic E-state index is 13.1. The monoisotopic (exact) mass is 411 g/mol. The van der Waals surface area contributed by atoms with Crippen molar-refractivity contribution in [3.8, 4) is 0 Å². The second-order valence-corrected chi connectivity index (χ2v) is 8.90. The number of hydrogen-bond donors (Lipinski definition) is 0. The molecule has 1 aromatic heterocycles. The van der Waals surface area contributed by atoms with E-state index >= 15 is 0 Å². The largest absolute Gasteiger partial charge is 0.455 e. The SMILES string of the molecule is CC(C)c1noc(COC(=O)C2CCCN(S(=O)(=O)c3ccc(F)cc3)C2)n1. The van der Waals surface area contributed by atoms with Crippen molar-refractivity contribution in [2.24, 2.45) is 5.92 Å². The minimum Gasteiger partial charge on any atom is -0.455 e. The number of benzene rings is 1. The number of sulfonamides is 1. The Balaban J connectivity index is 1.62. The van der Waals surface area contributed by atoms with Crippen molar-refractivity contribution in [3.05, 3.63) is 41.8 Å². The Morgan fingerprint density at radius 3 is 2.71 bits per heavy atom. The summed E-state index contributed by atoms with van der Waals surface area (Å²) in [7, 11) is -3.80. The van der Waals surface area contributed by atoms with Crippen LogP contribution in [0.15, 0.2) is 33.7 Å². The third-order valence-electron chi connectivity index (χ3n) is 4.51. The summed E-state index contributed by atoms with van der Waals surface area (Å²) >= 11 is 0. The molecule has 152 valence electrons. The molecule has 1 unspecified atom stereocenters. The molecule has 3 rings (SSSR count). The summed E-state index contributed by atoms with van der Waals surface area (Å²) in [5.41, 5.74) is 0. The van der Waals surface area contributed by atoms with Crippen LogP contribution < -0.4 is 0 Å². The molecule has 1 atom stereocenters. The lowest BCUT2D eigenvalue weighted by Crippen LogP contribution is -2.42. The highest BCUT2D eigenvalue weighted by atomic mass is 32.2. The standard InChI is InChI=1S/C18H22FN3O5S/c1-12(2)17-20-16(27-21-17)11-26-18(23)13-4-3-9-22(10-13)28(24,25)15-7-5-14(19)6-8-15/h5-8,12-13H,3-4,9-11H2,1-2H3. The van der Waals surface area contributed by atoms with Gasteiger partial charge in [-0.1, -0.05) is 19.0 Å². The molecular weight excluding hydrogens is 389 g/mol. The fourth-order valence-electron chi connectivity index (χ4n) is 2.92. The summed E-state index contributed by atoms with van der Waals surface area (Å²) in [6.45, 7) is 3.99. The van der Waals surface area contributed by atoms with Gasteiger partial charge in [0.15, 0.2) is 12.4 Å². The number of ether oxygens (including phenoxy) is 1. The van der Waals surface area contributed by atoms with Gasteiger partial charge in [0.25, 0.3) is 5.89 Å². The first kappa shape index (κ1) is 20.4. The highest BCUT2D eigenvalue weighted by Gasteiger charge is 2.34. The lowest BCUT2D eigenvalue weighted by molar-refractivity contribution is -0.151. The minimum absolute atomic E-state index is 0.00464. The summed E-state index contributed by atoms with van der Waals surface area (Å²) in [6.07, 6.45) is 1.05. The predicted octanol–water partition coefficient (Wildman–Crippen LogP) is 2.48. The van der Waals surface area contributed by atoms with E-state index < -0.39 is 27.7 Å². The second kappa shape index (κ2) is 8.36. The summed E-state index contributed by atoms with van der Waals surface area (Å²) in [4.78, 5) is 16.5. The Labute approximate surface area is 162 Å². The van der Waals surface area contributed by atoms with Crippen LogP contribution in [0.25, 0.3) is 0 Å². The van der Waals surface area contributed by atoms with Gasteiger partial charge in [-0.25, -0.2) is 12.8 Å². The highest BCUT2D eigenvalue weighted by molar-refractivity contribution is 7.89. The Morgan fingerprint density at radius 1 is 1.36 bits per heavy atom. The van der Waals surface area contributed by atoms with E-state index in [9.17, 15) is 17.6 Å². The van der Waals surface area contributed by atoms with Gasteiger partial charge in [-0.15, -0.1) is 0 Å². The number of piperidine rings is 1. The van der Waals surface area contributed by atoms with Crippen molar-refractivity contribution >= 4 is 16.0 Å². The Hall–Kier alpha value is -2.33. The summed E-state index contributed by atoms with van der Waals surface area (Å²) < 4.78 is 50.0. The van der Waals surface area contributed by atoms with Crippen molar-refractivity contribution in [1.82, 2.24) is 14.4 Å². The number of nitrogens with zero attached hydrogens (tertiary/aromatic N) is 3. The quantitative estimate of drug-likeness (QED) is 0.673. The van der Waals surface area contributed by atoms with Gasteiger partial charge < -0.3 is 9.26 Å². The average Bonchev–Trinajstić information content (AvgIpc) is 3.16.